The van der Waals surface area contributed by atoms with Gasteiger partial charge in [0.15, 0.2) is 0 Å². The van der Waals surface area contributed by atoms with Crippen molar-refractivity contribution in [3.8, 4) is 11.4 Å². The number of hydrogen-bond donors (Lipinski definition) is 1. The average molecular weight is 482 g/mol. The van der Waals surface area contributed by atoms with Crippen molar-refractivity contribution < 1.29 is 13.2 Å². The van der Waals surface area contributed by atoms with Crippen molar-refractivity contribution in [2.24, 2.45) is 0 Å². The standard InChI is InChI=1S/C21H28ClN5O4S/c1-15(2)32(29,30)26-10-8-25(9-11-26)19-14-24-27(17-5-3-4-16(22)12-17)21(28)20(19)31-18-6-7-23-13-18/h3-5,12,14-15,18,23H,6-11,13H2,1-2H3. The Balaban J connectivity index is 1.66. The van der Waals surface area contributed by atoms with Crippen LogP contribution in [0.5, 0.6) is 5.75 Å². The van der Waals surface area contributed by atoms with E-state index < -0.39 is 15.3 Å². The maximum absolute atomic E-state index is 13.4. The van der Waals surface area contributed by atoms with Gasteiger partial charge in [-0.25, -0.2) is 8.42 Å². The molecule has 2 fully saturated rings. The number of aromatic nitrogens is 2. The van der Waals surface area contributed by atoms with Crippen molar-refractivity contribution >= 4 is 27.3 Å². The lowest BCUT2D eigenvalue weighted by Gasteiger charge is -2.36. The van der Waals surface area contributed by atoms with Crippen molar-refractivity contribution in [3.63, 3.8) is 0 Å². The lowest BCUT2D eigenvalue weighted by molar-refractivity contribution is 0.218. The summed E-state index contributed by atoms with van der Waals surface area (Å²) in [5, 5.41) is 7.65. The van der Waals surface area contributed by atoms with Gasteiger partial charge >= 0.3 is 5.56 Å². The van der Waals surface area contributed by atoms with Crippen LogP contribution in [0.25, 0.3) is 5.69 Å². The highest BCUT2D eigenvalue weighted by molar-refractivity contribution is 7.89. The molecule has 0 aliphatic carbocycles. The van der Waals surface area contributed by atoms with Gasteiger partial charge in [-0.15, -0.1) is 0 Å². The second-order valence-corrected chi connectivity index (χ2v) is 11.2. The minimum absolute atomic E-state index is 0.112. The lowest BCUT2D eigenvalue weighted by atomic mass is 10.2. The van der Waals surface area contributed by atoms with Crippen molar-refractivity contribution in [2.45, 2.75) is 31.6 Å². The van der Waals surface area contributed by atoms with E-state index in [2.05, 4.69) is 10.4 Å². The molecule has 0 radical (unpaired) electrons. The number of sulfonamides is 1. The van der Waals surface area contributed by atoms with Gasteiger partial charge in [-0.3, -0.25) is 4.79 Å². The van der Waals surface area contributed by atoms with Gasteiger partial charge in [-0.2, -0.15) is 14.1 Å². The van der Waals surface area contributed by atoms with Crippen LogP contribution >= 0.6 is 11.6 Å². The molecule has 1 unspecified atom stereocenters. The minimum atomic E-state index is -3.32. The first kappa shape index (κ1) is 23.0. The Hall–Kier alpha value is -2.14. The molecule has 1 aromatic heterocycles. The third-order valence-corrected chi connectivity index (χ3v) is 8.31. The number of anilines is 1. The molecular weight excluding hydrogens is 454 g/mol. The fourth-order valence-corrected chi connectivity index (χ4v) is 5.39. The third-order valence-electron chi connectivity index (χ3n) is 5.80. The summed E-state index contributed by atoms with van der Waals surface area (Å²) in [6.45, 7) is 6.47. The number of halogens is 1. The van der Waals surface area contributed by atoms with Crippen LogP contribution in [0.1, 0.15) is 20.3 Å². The fourth-order valence-electron chi connectivity index (χ4n) is 3.93. The summed E-state index contributed by atoms with van der Waals surface area (Å²) in [5.41, 5.74) is 0.770. The van der Waals surface area contributed by atoms with Gasteiger partial charge in [-0.05, 0) is 45.0 Å². The molecule has 0 bridgehead atoms. The highest BCUT2D eigenvalue weighted by Crippen LogP contribution is 2.28. The Bertz CT molecular complexity index is 1120. The molecule has 9 nitrogen and oxygen atoms in total. The summed E-state index contributed by atoms with van der Waals surface area (Å²) >= 11 is 6.11. The molecule has 2 aliphatic rings. The van der Waals surface area contributed by atoms with E-state index in [1.54, 1.807) is 44.3 Å². The lowest BCUT2D eigenvalue weighted by Crippen LogP contribution is -2.50. The maximum atomic E-state index is 13.4. The van der Waals surface area contributed by atoms with Gasteiger partial charge in [-0.1, -0.05) is 17.7 Å². The Kier molecular flexibility index (Phi) is 6.75. The first-order chi connectivity index (χ1) is 15.3. The van der Waals surface area contributed by atoms with Crippen LogP contribution in [0.2, 0.25) is 5.02 Å². The van der Waals surface area contributed by atoms with Crippen molar-refractivity contribution in [2.75, 3.05) is 44.2 Å². The molecular formula is C21H28ClN5O4S. The van der Waals surface area contributed by atoms with Crippen LogP contribution < -0.4 is 20.5 Å². The number of nitrogens with one attached hydrogen (secondary N) is 1. The van der Waals surface area contributed by atoms with Crippen LogP contribution in [-0.2, 0) is 10.0 Å². The zero-order valence-corrected chi connectivity index (χ0v) is 19.8. The molecule has 32 heavy (non-hydrogen) atoms. The van der Waals surface area contributed by atoms with Gasteiger partial charge < -0.3 is 15.0 Å². The zero-order valence-electron chi connectivity index (χ0n) is 18.2. The summed E-state index contributed by atoms with van der Waals surface area (Å²) in [5.74, 6) is 0.230. The number of piperazine rings is 1. The van der Waals surface area contributed by atoms with E-state index in [9.17, 15) is 13.2 Å². The molecule has 0 amide bonds. The Morgan fingerprint density at radius 1 is 1.22 bits per heavy atom. The Morgan fingerprint density at radius 3 is 2.59 bits per heavy atom. The predicted octanol–water partition coefficient (Wildman–Crippen LogP) is 1.49. The SMILES string of the molecule is CC(C)S(=O)(=O)N1CCN(c2cnn(-c3cccc(Cl)c3)c(=O)c2OC2CCNC2)CC1. The van der Waals surface area contributed by atoms with Crippen LogP contribution in [0.4, 0.5) is 5.69 Å². The zero-order chi connectivity index (χ0) is 22.9. The smallest absolute Gasteiger partial charge is 0.316 e. The van der Waals surface area contributed by atoms with E-state index in [-0.39, 0.29) is 17.4 Å². The Labute approximate surface area is 193 Å². The molecule has 2 aromatic rings. The topological polar surface area (TPSA) is 96.8 Å². The second kappa shape index (κ2) is 9.38. The average Bonchev–Trinajstić information content (AvgIpc) is 3.28. The molecule has 4 rings (SSSR count). The summed E-state index contributed by atoms with van der Waals surface area (Å²) in [6.07, 6.45) is 2.31. The van der Waals surface area contributed by atoms with E-state index in [0.29, 0.717) is 49.1 Å². The van der Waals surface area contributed by atoms with Crippen molar-refractivity contribution in [1.82, 2.24) is 19.4 Å². The highest BCUT2D eigenvalue weighted by atomic mass is 35.5. The van der Waals surface area contributed by atoms with Crippen LogP contribution in [0.15, 0.2) is 35.3 Å². The summed E-state index contributed by atoms with van der Waals surface area (Å²) < 4.78 is 34.0. The van der Waals surface area contributed by atoms with Gasteiger partial charge in [0.2, 0.25) is 15.8 Å². The number of ether oxygens (including phenoxy) is 1. The molecule has 3 heterocycles. The molecule has 2 saturated heterocycles. The van der Waals surface area contributed by atoms with E-state index >= 15 is 0 Å². The van der Waals surface area contributed by atoms with E-state index in [1.807, 2.05) is 4.90 Å². The van der Waals surface area contributed by atoms with Gasteiger partial charge in [0.25, 0.3) is 0 Å². The second-order valence-electron chi connectivity index (χ2n) is 8.27. The van der Waals surface area contributed by atoms with Gasteiger partial charge in [0.1, 0.15) is 11.8 Å². The third kappa shape index (κ3) is 4.63. The molecule has 0 spiro atoms. The quantitative estimate of drug-likeness (QED) is 0.667. The van der Waals surface area contributed by atoms with Crippen LogP contribution in [0, 0.1) is 0 Å². The molecule has 0 saturated carbocycles. The van der Waals surface area contributed by atoms with Crippen molar-refractivity contribution in [1.29, 1.82) is 0 Å². The highest BCUT2D eigenvalue weighted by Gasteiger charge is 2.31. The molecule has 1 aromatic carbocycles. The van der Waals surface area contributed by atoms with E-state index in [4.69, 9.17) is 16.3 Å². The Morgan fingerprint density at radius 2 is 1.97 bits per heavy atom. The number of benzene rings is 1. The minimum Gasteiger partial charge on any atom is -0.481 e. The number of hydrogen-bond acceptors (Lipinski definition) is 7. The van der Waals surface area contributed by atoms with E-state index in [1.165, 1.54) is 8.99 Å². The molecule has 174 valence electrons. The summed E-state index contributed by atoms with van der Waals surface area (Å²) in [4.78, 5) is 15.4. The molecule has 1 atom stereocenters. The van der Waals surface area contributed by atoms with E-state index in [0.717, 1.165) is 13.0 Å². The molecule has 1 N–H and O–H groups in total. The van der Waals surface area contributed by atoms with Crippen LogP contribution in [-0.4, -0.2) is 73.1 Å². The predicted molar refractivity (Wildman–Crippen MR) is 125 cm³/mol. The van der Waals surface area contributed by atoms with Crippen LogP contribution in [0.3, 0.4) is 0 Å². The summed E-state index contributed by atoms with van der Waals surface area (Å²) in [6, 6.07) is 6.93. The normalized spacial score (nSPS) is 20.1. The first-order valence-corrected chi connectivity index (χ1v) is 12.6. The maximum Gasteiger partial charge on any atom is 0.316 e. The number of nitrogens with zero attached hydrogens (tertiary/aromatic N) is 4. The van der Waals surface area contributed by atoms with Gasteiger partial charge in [0.05, 0.1) is 17.1 Å². The monoisotopic (exact) mass is 481 g/mol. The van der Waals surface area contributed by atoms with Crippen molar-refractivity contribution in [3.05, 3.63) is 45.8 Å². The number of rotatable bonds is 6. The largest absolute Gasteiger partial charge is 0.481 e. The summed E-state index contributed by atoms with van der Waals surface area (Å²) in [7, 11) is -3.32. The first-order valence-electron chi connectivity index (χ1n) is 10.8. The fraction of sp³-hybridized carbons (Fsp3) is 0.524. The molecule has 11 heteroatoms. The molecule has 2 aliphatic heterocycles. The van der Waals surface area contributed by atoms with Gasteiger partial charge in [0, 0.05) is 37.7 Å².